The second kappa shape index (κ2) is 6.09. The molecule has 6 nitrogen and oxygen atoms in total. The van der Waals surface area contributed by atoms with Crippen molar-refractivity contribution in [2.45, 2.75) is 45.3 Å². The van der Waals surface area contributed by atoms with Gasteiger partial charge in [0.25, 0.3) is 5.91 Å². The van der Waals surface area contributed by atoms with Crippen molar-refractivity contribution in [2.75, 3.05) is 13.2 Å². The van der Waals surface area contributed by atoms with Gasteiger partial charge in [-0.2, -0.15) is 0 Å². The molecule has 130 valence electrons. The van der Waals surface area contributed by atoms with Gasteiger partial charge in [-0.3, -0.25) is 9.69 Å². The Morgan fingerprint density at radius 1 is 1.33 bits per heavy atom. The molecule has 2 fully saturated rings. The molecule has 24 heavy (non-hydrogen) atoms. The van der Waals surface area contributed by atoms with Gasteiger partial charge in [-0.1, -0.05) is 18.2 Å². The van der Waals surface area contributed by atoms with E-state index in [1.54, 1.807) is 6.92 Å². The van der Waals surface area contributed by atoms with Gasteiger partial charge in [-0.15, -0.1) is 0 Å². The number of aliphatic hydroxyl groups is 1. The number of benzene rings is 1. The summed E-state index contributed by atoms with van der Waals surface area (Å²) < 4.78 is 5.70. The van der Waals surface area contributed by atoms with Crippen LogP contribution < -0.4 is 10.1 Å². The van der Waals surface area contributed by atoms with Crippen LogP contribution in [0.3, 0.4) is 0 Å². The van der Waals surface area contributed by atoms with Gasteiger partial charge in [-0.05, 0) is 50.7 Å². The first-order valence-electron chi connectivity index (χ1n) is 8.34. The molecule has 1 aromatic carbocycles. The third-order valence-corrected chi connectivity index (χ3v) is 4.92. The smallest absolute Gasteiger partial charge is 0.325 e. The number of aliphatic hydroxyl groups excluding tert-OH is 1. The number of carbonyl (C=O) groups excluding carboxylic acids is 2. The molecule has 1 aromatic rings. The minimum Gasteiger partial charge on any atom is -0.490 e. The average molecular weight is 332 g/mol. The molecular weight excluding hydrogens is 308 g/mol. The van der Waals surface area contributed by atoms with Crippen LogP contribution in [-0.2, 0) is 4.79 Å². The number of nitrogens with zero attached hydrogens (tertiary/aromatic N) is 1. The highest BCUT2D eigenvalue weighted by Crippen LogP contribution is 2.42. The Hall–Kier alpha value is -2.08. The number of β-amino-alcohol motifs (C(OH)–C–C–N with tert-alkyl or cyclic N) is 1. The van der Waals surface area contributed by atoms with Crippen LogP contribution in [0.15, 0.2) is 18.2 Å². The Balaban J connectivity index is 1.60. The maximum absolute atomic E-state index is 12.5. The van der Waals surface area contributed by atoms with Crippen LogP contribution in [0.2, 0.25) is 0 Å². The quantitative estimate of drug-likeness (QED) is 0.778. The molecule has 3 amide bonds. The third kappa shape index (κ3) is 2.98. The molecule has 1 saturated carbocycles. The molecule has 0 aromatic heterocycles. The van der Waals surface area contributed by atoms with Crippen molar-refractivity contribution in [3.8, 4) is 5.75 Å². The number of hydrogen-bond donors (Lipinski definition) is 2. The molecule has 0 spiro atoms. The molecule has 1 heterocycles. The summed E-state index contributed by atoms with van der Waals surface area (Å²) in [6.07, 6.45) is 0.976. The largest absolute Gasteiger partial charge is 0.490 e. The molecule has 6 heteroatoms. The molecule has 3 rings (SSSR count). The number of amides is 3. The molecule has 0 bridgehead atoms. The van der Waals surface area contributed by atoms with Crippen LogP contribution in [0.4, 0.5) is 4.79 Å². The van der Waals surface area contributed by atoms with Gasteiger partial charge in [0, 0.05) is 0 Å². The molecule has 2 atom stereocenters. The topological polar surface area (TPSA) is 78.9 Å². The molecule has 1 aliphatic heterocycles. The number of nitrogens with one attached hydrogen (secondary N) is 1. The summed E-state index contributed by atoms with van der Waals surface area (Å²) in [5, 5.41) is 13.0. The lowest BCUT2D eigenvalue weighted by Crippen LogP contribution is -2.46. The van der Waals surface area contributed by atoms with Crippen molar-refractivity contribution in [3.05, 3.63) is 29.3 Å². The summed E-state index contributed by atoms with van der Waals surface area (Å²) in [6, 6.07) is 5.39. The van der Waals surface area contributed by atoms with Gasteiger partial charge < -0.3 is 15.2 Å². The van der Waals surface area contributed by atoms with E-state index >= 15 is 0 Å². The Bertz CT molecular complexity index is 651. The van der Waals surface area contributed by atoms with Gasteiger partial charge in [-0.25, -0.2) is 4.79 Å². The highest BCUT2D eigenvalue weighted by Gasteiger charge is 2.56. The number of hydrogen-bond acceptors (Lipinski definition) is 4. The predicted octanol–water partition coefficient (Wildman–Crippen LogP) is 1.76. The Kier molecular flexibility index (Phi) is 4.25. The van der Waals surface area contributed by atoms with Crippen molar-refractivity contribution in [2.24, 2.45) is 5.92 Å². The number of rotatable bonds is 6. The number of aryl methyl sites for hydroxylation is 2. The summed E-state index contributed by atoms with van der Waals surface area (Å²) in [6.45, 7) is 5.62. The van der Waals surface area contributed by atoms with Crippen molar-refractivity contribution < 1.29 is 19.4 Å². The third-order valence-electron chi connectivity index (χ3n) is 4.92. The number of carbonyl (C=O) groups is 2. The summed E-state index contributed by atoms with van der Waals surface area (Å²) in [4.78, 5) is 25.7. The second-order valence-corrected chi connectivity index (χ2v) is 7.01. The first kappa shape index (κ1) is 16.8. The summed E-state index contributed by atoms with van der Waals surface area (Å²) >= 11 is 0. The molecule has 2 N–H and O–H groups in total. The van der Waals surface area contributed by atoms with Crippen molar-refractivity contribution in [3.63, 3.8) is 0 Å². The van der Waals surface area contributed by atoms with E-state index in [0.29, 0.717) is 0 Å². The molecule has 1 aliphatic carbocycles. The molecule has 2 aliphatic rings. The zero-order chi connectivity index (χ0) is 17.5. The number of ether oxygens (including phenoxy) is 1. The fraction of sp³-hybridized carbons (Fsp3) is 0.556. The van der Waals surface area contributed by atoms with Crippen molar-refractivity contribution >= 4 is 11.9 Å². The van der Waals surface area contributed by atoms with E-state index < -0.39 is 17.7 Å². The van der Waals surface area contributed by atoms with E-state index in [2.05, 4.69) is 5.32 Å². The molecular formula is C18H24N2O4. The van der Waals surface area contributed by atoms with Crippen LogP contribution in [0.1, 0.15) is 30.9 Å². The van der Waals surface area contributed by atoms with Gasteiger partial charge >= 0.3 is 6.03 Å². The number of urea groups is 1. The zero-order valence-electron chi connectivity index (χ0n) is 14.3. The maximum atomic E-state index is 12.5. The van der Waals surface area contributed by atoms with Crippen LogP contribution in [0.5, 0.6) is 5.75 Å². The Morgan fingerprint density at radius 2 is 1.96 bits per heavy atom. The van der Waals surface area contributed by atoms with Gasteiger partial charge in [0.05, 0.1) is 6.54 Å². The average Bonchev–Trinajstić information content (AvgIpc) is 3.33. The standard InChI is InChI=1S/C18H24N2O4/c1-11-5-4-6-12(2)15(11)24-10-14(21)9-20-16(22)18(3,13-7-8-13)19-17(20)23/h4-6,13-14,21H,7-10H2,1-3H3,(H,19,23)/t14-,18+/m0/s1. The first-order chi connectivity index (χ1) is 11.3. The van der Waals surface area contributed by atoms with E-state index in [9.17, 15) is 14.7 Å². The molecule has 1 saturated heterocycles. The highest BCUT2D eigenvalue weighted by molar-refractivity contribution is 6.07. The number of para-hydroxylation sites is 1. The van der Waals surface area contributed by atoms with Gasteiger partial charge in [0.15, 0.2) is 0 Å². The lowest BCUT2D eigenvalue weighted by molar-refractivity contribution is -0.132. The maximum Gasteiger partial charge on any atom is 0.325 e. The van der Waals surface area contributed by atoms with Gasteiger partial charge in [0.2, 0.25) is 0 Å². The summed E-state index contributed by atoms with van der Waals surface area (Å²) in [5.41, 5.74) is 1.15. The molecule has 0 radical (unpaired) electrons. The SMILES string of the molecule is Cc1cccc(C)c1OC[C@@H](O)CN1C(=O)N[C@](C)(C2CC2)C1=O. The lowest BCUT2D eigenvalue weighted by atomic mass is 9.96. The second-order valence-electron chi connectivity index (χ2n) is 7.01. The summed E-state index contributed by atoms with van der Waals surface area (Å²) in [5.74, 6) is 0.694. The molecule has 0 unspecified atom stereocenters. The van der Waals surface area contributed by atoms with E-state index in [0.717, 1.165) is 34.6 Å². The monoisotopic (exact) mass is 332 g/mol. The van der Waals surface area contributed by atoms with Crippen molar-refractivity contribution in [1.82, 2.24) is 10.2 Å². The van der Waals surface area contributed by atoms with Crippen molar-refractivity contribution in [1.29, 1.82) is 0 Å². The van der Waals surface area contributed by atoms with E-state index in [-0.39, 0.29) is 25.0 Å². The highest BCUT2D eigenvalue weighted by atomic mass is 16.5. The number of imide groups is 1. The fourth-order valence-corrected chi connectivity index (χ4v) is 3.29. The minimum absolute atomic E-state index is 0.0307. The minimum atomic E-state index is -0.930. The Labute approximate surface area is 141 Å². The Morgan fingerprint density at radius 3 is 2.54 bits per heavy atom. The van der Waals surface area contributed by atoms with Gasteiger partial charge in [0.1, 0.15) is 24.0 Å². The zero-order valence-corrected chi connectivity index (χ0v) is 14.3. The van der Waals surface area contributed by atoms with Crippen LogP contribution in [0, 0.1) is 19.8 Å². The van der Waals surface area contributed by atoms with Crippen LogP contribution in [0.25, 0.3) is 0 Å². The predicted molar refractivity (Wildman–Crippen MR) is 88.8 cm³/mol. The van der Waals surface area contributed by atoms with E-state index in [4.69, 9.17) is 4.74 Å². The van der Waals surface area contributed by atoms with E-state index in [1.807, 2.05) is 32.0 Å². The first-order valence-corrected chi connectivity index (χ1v) is 8.34. The normalized spacial score (nSPS) is 24.9. The fourth-order valence-electron chi connectivity index (χ4n) is 3.29. The lowest BCUT2D eigenvalue weighted by Gasteiger charge is -2.22. The van der Waals surface area contributed by atoms with Crippen LogP contribution in [-0.4, -0.2) is 46.7 Å². The summed E-state index contributed by atoms with van der Waals surface area (Å²) in [7, 11) is 0. The van der Waals surface area contributed by atoms with E-state index in [1.165, 1.54) is 0 Å². The van der Waals surface area contributed by atoms with Crippen LogP contribution >= 0.6 is 0 Å².